The zero-order valence-electron chi connectivity index (χ0n) is 14.6. The highest BCUT2D eigenvalue weighted by atomic mass is 16.2. The van der Waals surface area contributed by atoms with Crippen molar-refractivity contribution < 1.29 is 4.79 Å². The van der Waals surface area contributed by atoms with Crippen LogP contribution in [0.3, 0.4) is 0 Å². The summed E-state index contributed by atoms with van der Waals surface area (Å²) < 4.78 is 0. The molecule has 1 N–H and O–H groups in total. The minimum Gasteiger partial charge on any atom is -0.365 e. The van der Waals surface area contributed by atoms with E-state index in [1.807, 2.05) is 42.5 Å². The van der Waals surface area contributed by atoms with Crippen molar-refractivity contribution in [1.82, 2.24) is 14.9 Å². The van der Waals surface area contributed by atoms with Gasteiger partial charge >= 0.3 is 0 Å². The van der Waals surface area contributed by atoms with Crippen molar-refractivity contribution in [2.24, 2.45) is 0 Å². The molecule has 1 aliphatic heterocycles. The molecule has 0 aliphatic carbocycles. The minimum atomic E-state index is 0.00309. The molecule has 1 amide bonds. The molecule has 1 aliphatic rings. The van der Waals surface area contributed by atoms with E-state index in [-0.39, 0.29) is 5.91 Å². The summed E-state index contributed by atoms with van der Waals surface area (Å²) in [6, 6.07) is 15.1. The van der Waals surface area contributed by atoms with Crippen molar-refractivity contribution in [2.75, 3.05) is 18.4 Å². The maximum atomic E-state index is 12.5. The summed E-state index contributed by atoms with van der Waals surface area (Å²) in [6.45, 7) is 1.84. The molecule has 0 fully saturated rings. The van der Waals surface area contributed by atoms with Crippen molar-refractivity contribution >= 4 is 22.6 Å². The molecule has 0 spiro atoms. The van der Waals surface area contributed by atoms with Gasteiger partial charge in [0.1, 0.15) is 12.1 Å². The van der Waals surface area contributed by atoms with E-state index in [1.54, 1.807) is 17.0 Å². The molecular formula is C21H17N5O. The third kappa shape index (κ3) is 3.48. The summed E-state index contributed by atoms with van der Waals surface area (Å²) in [5.41, 5.74) is 2.96. The number of benzene rings is 2. The lowest BCUT2D eigenvalue weighted by molar-refractivity contribution is 0.0800. The summed E-state index contributed by atoms with van der Waals surface area (Å²) in [7, 11) is 0. The molecule has 0 saturated heterocycles. The Morgan fingerprint density at radius 3 is 2.81 bits per heavy atom. The van der Waals surface area contributed by atoms with Gasteiger partial charge in [0.15, 0.2) is 0 Å². The molecule has 2 aromatic carbocycles. The number of amides is 1. The highest BCUT2D eigenvalue weighted by Crippen LogP contribution is 2.22. The van der Waals surface area contributed by atoms with E-state index in [2.05, 4.69) is 21.4 Å². The average Bonchev–Trinajstić information content (AvgIpc) is 3.26. The highest BCUT2D eigenvalue weighted by molar-refractivity contribution is 6.00. The summed E-state index contributed by atoms with van der Waals surface area (Å²) in [5.74, 6) is 0.701. The van der Waals surface area contributed by atoms with Crippen LogP contribution < -0.4 is 5.32 Å². The molecule has 1 aromatic heterocycles. The molecule has 27 heavy (non-hydrogen) atoms. The molecule has 2 heterocycles. The Hall–Kier alpha value is -3.72. The van der Waals surface area contributed by atoms with Gasteiger partial charge in [-0.05, 0) is 35.9 Å². The molecule has 0 bridgehead atoms. The number of carbonyl (C=O) groups is 1. The van der Waals surface area contributed by atoms with E-state index in [4.69, 9.17) is 5.26 Å². The largest absolute Gasteiger partial charge is 0.365 e. The maximum absolute atomic E-state index is 12.5. The first-order chi connectivity index (χ1) is 13.2. The van der Waals surface area contributed by atoms with Gasteiger partial charge in [0.05, 0.1) is 17.1 Å². The lowest BCUT2D eigenvalue weighted by atomic mass is 10.1. The van der Waals surface area contributed by atoms with Crippen LogP contribution in [0.5, 0.6) is 0 Å². The van der Waals surface area contributed by atoms with Gasteiger partial charge in [-0.25, -0.2) is 9.97 Å². The quantitative estimate of drug-likeness (QED) is 0.727. The Bertz CT molecular complexity index is 1080. The van der Waals surface area contributed by atoms with Gasteiger partial charge in [-0.1, -0.05) is 24.3 Å². The lowest BCUT2D eigenvalue weighted by Crippen LogP contribution is -2.28. The Morgan fingerprint density at radius 2 is 2.00 bits per heavy atom. The van der Waals surface area contributed by atoms with Crippen LogP contribution in [0.15, 0.2) is 60.9 Å². The summed E-state index contributed by atoms with van der Waals surface area (Å²) in [5, 5.41) is 13.2. The summed E-state index contributed by atoms with van der Waals surface area (Å²) in [4.78, 5) is 23.0. The van der Waals surface area contributed by atoms with Crippen LogP contribution in [0.4, 0.5) is 5.82 Å². The van der Waals surface area contributed by atoms with Crippen LogP contribution in [0.1, 0.15) is 21.5 Å². The number of rotatable bonds is 4. The van der Waals surface area contributed by atoms with Crippen LogP contribution in [-0.4, -0.2) is 33.9 Å². The van der Waals surface area contributed by atoms with Crippen LogP contribution in [0.2, 0.25) is 0 Å². The Kier molecular flexibility index (Phi) is 4.50. The fraction of sp³-hybridized carbons (Fsp3) is 0.143. The van der Waals surface area contributed by atoms with Crippen molar-refractivity contribution in [3.8, 4) is 6.07 Å². The van der Waals surface area contributed by atoms with Crippen molar-refractivity contribution in [3.05, 3.63) is 77.6 Å². The standard InChI is InChI=1S/C21H17N5O/c22-12-15-4-3-5-16(10-15)13-23-20-18-7-6-17(11-19(18)24-14-25-20)21(27)26-8-1-2-9-26/h1-7,10-11,14H,8-9,13H2,(H,23,24,25). The first-order valence-electron chi connectivity index (χ1n) is 8.66. The van der Waals surface area contributed by atoms with Gasteiger partial charge in [-0.2, -0.15) is 5.26 Å². The summed E-state index contributed by atoms with van der Waals surface area (Å²) >= 11 is 0. The van der Waals surface area contributed by atoms with E-state index >= 15 is 0 Å². The fourth-order valence-electron chi connectivity index (χ4n) is 3.09. The maximum Gasteiger partial charge on any atom is 0.254 e. The SMILES string of the molecule is N#Cc1cccc(CNc2ncnc3cc(C(=O)N4CC=CC4)ccc23)c1. The number of nitrogens with one attached hydrogen (secondary N) is 1. The van der Waals surface area contributed by atoms with Crippen LogP contribution in [-0.2, 0) is 6.54 Å². The predicted molar refractivity (Wildman–Crippen MR) is 103 cm³/mol. The normalized spacial score (nSPS) is 12.9. The number of hydrogen-bond donors (Lipinski definition) is 1. The second-order valence-electron chi connectivity index (χ2n) is 6.30. The molecule has 6 heteroatoms. The van der Waals surface area contributed by atoms with Gasteiger partial charge in [0, 0.05) is 30.6 Å². The predicted octanol–water partition coefficient (Wildman–Crippen LogP) is 3.13. The first kappa shape index (κ1) is 16.7. The molecule has 3 aromatic rings. The Labute approximate surface area is 156 Å². The van der Waals surface area contributed by atoms with Gasteiger partial charge in [0.2, 0.25) is 0 Å². The summed E-state index contributed by atoms with van der Waals surface area (Å²) in [6.07, 6.45) is 5.47. The number of hydrogen-bond acceptors (Lipinski definition) is 5. The molecule has 0 atom stereocenters. The molecule has 0 unspecified atom stereocenters. The average molecular weight is 355 g/mol. The number of anilines is 1. The zero-order chi connectivity index (χ0) is 18.6. The smallest absolute Gasteiger partial charge is 0.254 e. The van der Waals surface area contributed by atoms with Gasteiger partial charge in [-0.15, -0.1) is 0 Å². The number of nitriles is 1. The fourth-order valence-corrected chi connectivity index (χ4v) is 3.09. The minimum absolute atomic E-state index is 0.00309. The van der Waals surface area contributed by atoms with Crippen LogP contribution in [0, 0.1) is 11.3 Å². The van der Waals surface area contributed by atoms with E-state index in [0.29, 0.717) is 36.6 Å². The highest BCUT2D eigenvalue weighted by Gasteiger charge is 2.17. The van der Waals surface area contributed by atoms with Gasteiger partial charge < -0.3 is 10.2 Å². The molecule has 0 saturated carbocycles. The number of aromatic nitrogens is 2. The van der Waals surface area contributed by atoms with Crippen molar-refractivity contribution in [1.29, 1.82) is 5.26 Å². The van der Waals surface area contributed by atoms with E-state index in [0.717, 1.165) is 16.5 Å². The van der Waals surface area contributed by atoms with Crippen LogP contribution in [0.25, 0.3) is 10.9 Å². The van der Waals surface area contributed by atoms with Crippen LogP contribution >= 0.6 is 0 Å². The van der Waals surface area contributed by atoms with Gasteiger partial charge in [-0.3, -0.25) is 4.79 Å². The second kappa shape index (κ2) is 7.26. The van der Waals surface area contributed by atoms with E-state index < -0.39 is 0 Å². The number of fused-ring (bicyclic) bond motifs is 1. The number of nitrogens with zero attached hydrogens (tertiary/aromatic N) is 4. The zero-order valence-corrected chi connectivity index (χ0v) is 14.6. The molecule has 132 valence electrons. The Morgan fingerprint density at radius 1 is 1.15 bits per heavy atom. The molecule has 0 radical (unpaired) electrons. The number of carbonyl (C=O) groups excluding carboxylic acids is 1. The lowest BCUT2D eigenvalue weighted by Gasteiger charge is -2.15. The first-order valence-corrected chi connectivity index (χ1v) is 8.66. The van der Waals surface area contributed by atoms with Gasteiger partial charge in [0.25, 0.3) is 5.91 Å². The van der Waals surface area contributed by atoms with E-state index in [9.17, 15) is 4.79 Å². The third-order valence-corrected chi connectivity index (χ3v) is 4.50. The van der Waals surface area contributed by atoms with Crippen molar-refractivity contribution in [2.45, 2.75) is 6.54 Å². The molecule has 4 rings (SSSR count). The van der Waals surface area contributed by atoms with Crippen molar-refractivity contribution in [3.63, 3.8) is 0 Å². The second-order valence-corrected chi connectivity index (χ2v) is 6.30. The van der Waals surface area contributed by atoms with E-state index in [1.165, 1.54) is 6.33 Å². The third-order valence-electron chi connectivity index (χ3n) is 4.50. The molecule has 6 nitrogen and oxygen atoms in total. The Balaban J connectivity index is 1.56. The monoisotopic (exact) mass is 355 g/mol. The topological polar surface area (TPSA) is 81.9 Å². The molecular weight excluding hydrogens is 338 g/mol.